The minimum absolute atomic E-state index is 0.142. The third kappa shape index (κ3) is 4.67. The number of primary amides is 1. The van der Waals surface area contributed by atoms with Crippen molar-refractivity contribution in [2.75, 3.05) is 19.6 Å². The summed E-state index contributed by atoms with van der Waals surface area (Å²) in [6.45, 7) is 6.27. The molecule has 1 unspecified atom stereocenters. The van der Waals surface area contributed by atoms with Gasteiger partial charge in [-0.3, -0.25) is 14.5 Å². The molecular weight excluding hydrogens is 262 g/mol. The molecule has 2 amide bonds. The number of furan rings is 1. The summed E-state index contributed by atoms with van der Waals surface area (Å²) in [7, 11) is 0. The molecule has 1 atom stereocenters. The molecule has 1 heterocycles. The van der Waals surface area contributed by atoms with E-state index >= 15 is 0 Å². The van der Waals surface area contributed by atoms with Crippen LogP contribution in [0.25, 0.3) is 0 Å². The molecule has 0 radical (unpaired) electrons. The van der Waals surface area contributed by atoms with Crippen LogP contribution in [-0.2, 0) is 11.3 Å². The average Bonchev–Trinajstić information content (AvgIpc) is 2.90. The van der Waals surface area contributed by atoms with Crippen LogP contribution < -0.4 is 11.1 Å². The Bertz CT molecular complexity index is 454. The van der Waals surface area contributed by atoms with E-state index in [-0.39, 0.29) is 12.3 Å². The molecule has 1 aromatic heterocycles. The fourth-order valence-electron chi connectivity index (χ4n) is 1.63. The number of rotatable bonds is 8. The predicted molar refractivity (Wildman–Crippen MR) is 72.9 cm³/mol. The second kappa shape index (κ2) is 7.66. The Kier molecular flexibility index (Phi) is 6.20. The Morgan fingerprint density at radius 3 is 2.60 bits per heavy atom. The van der Waals surface area contributed by atoms with E-state index in [0.29, 0.717) is 12.3 Å². The fraction of sp³-hybridized carbons (Fsp3) is 0.538. The van der Waals surface area contributed by atoms with Gasteiger partial charge in [-0.05, 0) is 25.2 Å². The van der Waals surface area contributed by atoms with E-state index in [0.717, 1.165) is 13.1 Å². The van der Waals surface area contributed by atoms with E-state index in [9.17, 15) is 14.7 Å². The van der Waals surface area contributed by atoms with Gasteiger partial charge in [-0.2, -0.15) is 0 Å². The van der Waals surface area contributed by atoms with E-state index in [2.05, 4.69) is 10.2 Å². The van der Waals surface area contributed by atoms with Crippen molar-refractivity contribution < 1.29 is 19.1 Å². The quantitative estimate of drug-likeness (QED) is 0.607. The molecule has 7 nitrogen and oxygen atoms in total. The molecule has 0 aliphatic carbocycles. The van der Waals surface area contributed by atoms with Crippen LogP contribution in [-0.4, -0.2) is 47.6 Å². The molecule has 0 saturated carbocycles. The van der Waals surface area contributed by atoms with Crippen molar-refractivity contribution in [2.24, 2.45) is 5.73 Å². The summed E-state index contributed by atoms with van der Waals surface area (Å²) in [5.41, 5.74) is 4.88. The number of amides is 2. The van der Waals surface area contributed by atoms with Gasteiger partial charge in [-0.15, -0.1) is 0 Å². The van der Waals surface area contributed by atoms with Crippen LogP contribution in [0.2, 0.25) is 0 Å². The van der Waals surface area contributed by atoms with E-state index in [1.807, 2.05) is 13.8 Å². The molecule has 112 valence electrons. The van der Waals surface area contributed by atoms with Gasteiger partial charge in [-0.25, -0.2) is 0 Å². The second-order valence-corrected chi connectivity index (χ2v) is 4.36. The normalized spacial score (nSPS) is 12.4. The first-order valence-corrected chi connectivity index (χ1v) is 6.54. The summed E-state index contributed by atoms with van der Waals surface area (Å²) >= 11 is 0. The topological polar surface area (TPSA) is 109 Å². The Balaban J connectivity index is 2.53. The third-order valence-corrected chi connectivity index (χ3v) is 2.94. The number of hydrogen-bond acceptors (Lipinski definition) is 5. The molecule has 1 rings (SSSR count). The maximum Gasteiger partial charge on any atom is 0.287 e. The molecule has 1 aromatic rings. The van der Waals surface area contributed by atoms with Crippen LogP contribution in [0.3, 0.4) is 0 Å². The third-order valence-electron chi connectivity index (χ3n) is 2.94. The first-order valence-electron chi connectivity index (χ1n) is 6.54. The second-order valence-electron chi connectivity index (χ2n) is 4.36. The van der Waals surface area contributed by atoms with Crippen molar-refractivity contribution in [1.82, 2.24) is 10.2 Å². The first-order chi connectivity index (χ1) is 9.47. The summed E-state index contributed by atoms with van der Waals surface area (Å²) < 4.78 is 5.42. The van der Waals surface area contributed by atoms with Crippen molar-refractivity contribution in [1.29, 1.82) is 0 Å². The summed E-state index contributed by atoms with van der Waals surface area (Å²) in [5.74, 6) is -0.541. The zero-order chi connectivity index (χ0) is 15.1. The highest BCUT2D eigenvalue weighted by Gasteiger charge is 2.16. The zero-order valence-corrected chi connectivity index (χ0v) is 11.8. The van der Waals surface area contributed by atoms with Crippen molar-refractivity contribution in [3.05, 3.63) is 23.7 Å². The maximum absolute atomic E-state index is 11.7. The van der Waals surface area contributed by atoms with Crippen LogP contribution in [0, 0.1) is 0 Å². The van der Waals surface area contributed by atoms with Gasteiger partial charge >= 0.3 is 0 Å². The highest BCUT2D eigenvalue weighted by Crippen LogP contribution is 2.10. The Hall–Kier alpha value is -1.86. The largest absolute Gasteiger partial charge is 0.455 e. The summed E-state index contributed by atoms with van der Waals surface area (Å²) in [4.78, 5) is 24.5. The van der Waals surface area contributed by atoms with Gasteiger partial charge < -0.3 is 20.6 Å². The van der Waals surface area contributed by atoms with Gasteiger partial charge in [0.05, 0.1) is 13.1 Å². The Morgan fingerprint density at radius 2 is 2.05 bits per heavy atom. The summed E-state index contributed by atoms with van der Waals surface area (Å²) in [5, 5.41) is 11.6. The van der Waals surface area contributed by atoms with Crippen molar-refractivity contribution >= 4 is 11.8 Å². The van der Waals surface area contributed by atoms with Gasteiger partial charge in [0.15, 0.2) is 5.76 Å². The standard InChI is InChI=1S/C13H21N3O4/c1-3-16(4-2)8-9-5-6-11(20-9)13(19)15-7-10(17)12(14)18/h5-6,10,17H,3-4,7-8H2,1-2H3,(H2,14,18)(H,15,19). The molecule has 0 fully saturated rings. The number of carbonyl (C=O) groups excluding carboxylic acids is 2. The van der Waals surface area contributed by atoms with Crippen LogP contribution in [0.4, 0.5) is 0 Å². The van der Waals surface area contributed by atoms with Gasteiger partial charge in [0.25, 0.3) is 5.91 Å². The molecular formula is C13H21N3O4. The lowest BCUT2D eigenvalue weighted by Gasteiger charge is -2.15. The molecule has 0 aromatic carbocycles. The van der Waals surface area contributed by atoms with Gasteiger partial charge in [0.2, 0.25) is 5.91 Å². The molecule has 4 N–H and O–H groups in total. The lowest BCUT2D eigenvalue weighted by Crippen LogP contribution is -2.39. The molecule has 0 spiro atoms. The van der Waals surface area contributed by atoms with Crippen LogP contribution in [0.1, 0.15) is 30.2 Å². The number of nitrogens with one attached hydrogen (secondary N) is 1. The maximum atomic E-state index is 11.7. The SMILES string of the molecule is CCN(CC)Cc1ccc(C(=O)NCC(O)C(N)=O)o1. The fourth-order valence-corrected chi connectivity index (χ4v) is 1.63. The smallest absolute Gasteiger partial charge is 0.287 e. The van der Waals surface area contributed by atoms with E-state index in [1.165, 1.54) is 0 Å². The van der Waals surface area contributed by atoms with Crippen LogP contribution in [0.5, 0.6) is 0 Å². The zero-order valence-electron chi connectivity index (χ0n) is 11.8. The van der Waals surface area contributed by atoms with Gasteiger partial charge in [0.1, 0.15) is 11.9 Å². The average molecular weight is 283 g/mol. The molecule has 0 bridgehead atoms. The highest BCUT2D eigenvalue weighted by molar-refractivity contribution is 5.92. The summed E-state index contributed by atoms with van der Waals surface area (Å²) in [6.07, 6.45) is -1.40. The number of aliphatic hydroxyl groups is 1. The number of nitrogens with two attached hydrogens (primary N) is 1. The van der Waals surface area contributed by atoms with Crippen molar-refractivity contribution in [2.45, 2.75) is 26.5 Å². The van der Waals surface area contributed by atoms with E-state index < -0.39 is 17.9 Å². The van der Waals surface area contributed by atoms with Crippen molar-refractivity contribution in [3.63, 3.8) is 0 Å². The number of aliphatic hydroxyl groups excluding tert-OH is 1. The monoisotopic (exact) mass is 283 g/mol. The lowest BCUT2D eigenvalue weighted by molar-refractivity contribution is -0.125. The van der Waals surface area contributed by atoms with E-state index in [1.54, 1.807) is 12.1 Å². The van der Waals surface area contributed by atoms with E-state index in [4.69, 9.17) is 10.2 Å². The Labute approximate surface area is 117 Å². The van der Waals surface area contributed by atoms with Gasteiger partial charge in [-0.1, -0.05) is 13.8 Å². The predicted octanol–water partition coefficient (Wildman–Crippen LogP) is -0.303. The molecule has 20 heavy (non-hydrogen) atoms. The first kappa shape index (κ1) is 16.2. The number of carbonyl (C=O) groups is 2. The minimum atomic E-state index is -1.40. The van der Waals surface area contributed by atoms with Gasteiger partial charge in [0, 0.05) is 0 Å². The summed E-state index contributed by atoms with van der Waals surface area (Å²) in [6, 6.07) is 3.29. The minimum Gasteiger partial charge on any atom is -0.455 e. The highest BCUT2D eigenvalue weighted by atomic mass is 16.4. The number of nitrogens with zero attached hydrogens (tertiary/aromatic N) is 1. The Morgan fingerprint density at radius 1 is 1.40 bits per heavy atom. The molecule has 0 aliphatic heterocycles. The van der Waals surface area contributed by atoms with Crippen LogP contribution >= 0.6 is 0 Å². The molecule has 0 aliphatic rings. The molecule has 7 heteroatoms. The lowest BCUT2D eigenvalue weighted by atomic mass is 10.3. The number of hydrogen-bond donors (Lipinski definition) is 3. The van der Waals surface area contributed by atoms with Crippen LogP contribution in [0.15, 0.2) is 16.5 Å². The van der Waals surface area contributed by atoms with Crippen molar-refractivity contribution in [3.8, 4) is 0 Å². The molecule has 0 saturated heterocycles.